The number of nitrogens with one attached hydrogen (secondary N) is 1. The van der Waals surface area contributed by atoms with E-state index in [1.165, 1.54) is 11.8 Å². The van der Waals surface area contributed by atoms with Crippen LogP contribution in [0, 0.1) is 0 Å². The number of hydrogen-bond donors (Lipinski definition) is 1. The molecule has 0 radical (unpaired) electrons. The number of thioether (sulfide) groups is 1. The molecule has 2 aromatic heterocycles. The summed E-state index contributed by atoms with van der Waals surface area (Å²) in [6.07, 6.45) is 3.37. The van der Waals surface area contributed by atoms with Crippen LogP contribution in [-0.2, 0) is 4.79 Å². The number of halogens is 3. The second-order valence-electron chi connectivity index (χ2n) is 6.30. The zero-order valence-electron chi connectivity index (χ0n) is 15.8. The van der Waals surface area contributed by atoms with Gasteiger partial charge in [-0.2, -0.15) is 0 Å². The van der Waals surface area contributed by atoms with E-state index in [4.69, 9.17) is 34.8 Å². The van der Waals surface area contributed by atoms with Crippen molar-refractivity contribution in [3.05, 3.63) is 82.1 Å². The summed E-state index contributed by atoms with van der Waals surface area (Å²) < 4.78 is 1.81. The number of rotatable bonds is 6. The second-order valence-corrected chi connectivity index (χ2v) is 8.46. The number of carbonyl (C=O) groups excluding carboxylic acids is 1. The van der Waals surface area contributed by atoms with Gasteiger partial charge in [0, 0.05) is 18.0 Å². The third kappa shape index (κ3) is 5.02. The fourth-order valence-corrected chi connectivity index (χ4v) is 4.01. The third-order valence-electron chi connectivity index (χ3n) is 4.19. The number of para-hydroxylation sites is 1. The summed E-state index contributed by atoms with van der Waals surface area (Å²) in [4.78, 5) is 16.6. The normalized spacial score (nSPS) is 10.8. The third-order valence-corrected chi connectivity index (χ3v) is 6.19. The summed E-state index contributed by atoms with van der Waals surface area (Å²) in [5.74, 6) is 0.461. The summed E-state index contributed by atoms with van der Waals surface area (Å²) in [6.45, 7) is 0. The highest BCUT2D eigenvalue weighted by molar-refractivity contribution is 7.99. The van der Waals surface area contributed by atoms with Crippen LogP contribution in [0.5, 0.6) is 0 Å². The molecule has 4 aromatic rings. The molecule has 0 bridgehead atoms. The van der Waals surface area contributed by atoms with E-state index in [0.29, 0.717) is 37.4 Å². The Morgan fingerprint density at radius 2 is 1.81 bits per heavy atom. The molecule has 0 aliphatic carbocycles. The van der Waals surface area contributed by atoms with E-state index in [-0.39, 0.29) is 11.7 Å². The van der Waals surface area contributed by atoms with Gasteiger partial charge in [0.05, 0.1) is 32.2 Å². The van der Waals surface area contributed by atoms with Crippen LogP contribution < -0.4 is 5.32 Å². The predicted octanol–water partition coefficient (Wildman–Crippen LogP) is 6.02. The maximum atomic E-state index is 12.5. The number of pyridine rings is 1. The fourth-order valence-electron chi connectivity index (χ4n) is 2.78. The second kappa shape index (κ2) is 9.70. The average Bonchev–Trinajstić information content (AvgIpc) is 3.20. The van der Waals surface area contributed by atoms with Gasteiger partial charge >= 0.3 is 0 Å². The highest BCUT2D eigenvalue weighted by Crippen LogP contribution is 2.31. The molecule has 6 nitrogen and oxygen atoms in total. The smallest absolute Gasteiger partial charge is 0.234 e. The van der Waals surface area contributed by atoms with Crippen molar-refractivity contribution in [1.82, 2.24) is 19.7 Å². The Labute approximate surface area is 197 Å². The van der Waals surface area contributed by atoms with Crippen molar-refractivity contribution in [2.24, 2.45) is 0 Å². The number of carbonyl (C=O) groups is 1. The maximum Gasteiger partial charge on any atom is 0.234 e. The Bertz CT molecular complexity index is 1230. The molecule has 0 saturated carbocycles. The largest absolute Gasteiger partial charge is 0.324 e. The number of anilines is 1. The number of amides is 1. The first-order chi connectivity index (χ1) is 15.0. The molecule has 0 spiro atoms. The highest BCUT2D eigenvalue weighted by Gasteiger charge is 2.18. The minimum Gasteiger partial charge on any atom is -0.324 e. The molecule has 2 heterocycles. The molecule has 1 amide bonds. The van der Waals surface area contributed by atoms with E-state index in [9.17, 15) is 4.79 Å². The van der Waals surface area contributed by atoms with E-state index >= 15 is 0 Å². The Kier molecular flexibility index (Phi) is 6.77. The maximum absolute atomic E-state index is 12.5. The molecule has 10 heteroatoms. The lowest BCUT2D eigenvalue weighted by Gasteiger charge is -2.11. The zero-order valence-corrected chi connectivity index (χ0v) is 18.9. The molecule has 0 aliphatic rings. The van der Waals surface area contributed by atoms with Gasteiger partial charge < -0.3 is 5.32 Å². The van der Waals surface area contributed by atoms with Crippen LogP contribution in [0.3, 0.4) is 0 Å². The first-order valence-corrected chi connectivity index (χ1v) is 11.1. The van der Waals surface area contributed by atoms with Crippen LogP contribution in [0.1, 0.15) is 0 Å². The van der Waals surface area contributed by atoms with E-state index in [2.05, 4.69) is 20.5 Å². The van der Waals surface area contributed by atoms with Crippen molar-refractivity contribution >= 4 is 58.2 Å². The number of nitrogens with zero attached hydrogens (tertiary/aromatic N) is 4. The Morgan fingerprint density at radius 1 is 0.968 bits per heavy atom. The summed E-state index contributed by atoms with van der Waals surface area (Å²) in [7, 11) is 0. The molecule has 2 aromatic carbocycles. The van der Waals surface area contributed by atoms with Crippen molar-refractivity contribution in [3.63, 3.8) is 0 Å². The molecule has 4 rings (SSSR count). The number of hydrogen-bond acceptors (Lipinski definition) is 5. The highest BCUT2D eigenvalue weighted by atomic mass is 35.5. The molecule has 1 N–H and O–H groups in total. The van der Waals surface area contributed by atoms with Crippen molar-refractivity contribution in [1.29, 1.82) is 0 Å². The quantitative estimate of drug-likeness (QED) is 0.335. The minimum atomic E-state index is -0.218. The lowest BCUT2D eigenvalue weighted by Crippen LogP contribution is -2.14. The summed E-state index contributed by atoms with van der Waals surface area (Å²) in [5, 5.41) is 13.2. The molecular formula is C21H14Cl3N5OS. The summed E-state index contributed by atoms with van der Waals surface area (Å²) in [6, 6.07) is 16.0. The van der Waals surface area contributed by atoms with Gasteiger partial charge in [-0.1, -0.05) is 58.7 Å². The van der Waals surface area contributed by atoms with Crippen LogP contribution in [0.25, 0.3) is 17.1 Å². The molecule has 31 heavy (non-hydrogen) atoms. The topological polar surface area (TPSA) is 72.7 Å². The lowest BCUT2D eigenvalue weighted by atomic mass is 10.2. The molecular weight excluding hydrogens is 477 g/mol. The Hall–Kier alpha value is -2.58. The molecule has 156 valence electrons. The van der Waals surface area contributed by atoms with E-state index in [1.807, 2.05) is 22.8 Å². The van der Waals surface area contributed by atoms with Gasteiger partial charge in [0.25, 0.3) is 0 Å². The summed E-state index contributed by atoms with van der Waals surface area (Å²) in [5.41, 5.74) is 2.04. The van der Waals surface area contributed by atoms with Gasteiger partial charge in [0.2, 0.25) is 5.91 Å². The average molecular weight is 491 g/mol. The van der Waals surface area contributed by atoms with Crippen LogP contribution in [0.15, 0.2) is 72.1 Å². The van der Waals surface area contributed by atoms with Gasteiger partial charge in [0.1, 0.15) is 0 Å². The predicted molar refractivity (Wildman–Crippen MR) is 125 cm³/mol. The van der Waals surface area contributed by atoms with Crippen LogP contribution in [0.4, 0.5) is 5.69 Å². The van der Waals surface area contributed by atoms with Gasteiger partial charge in [-0.25, -0.2) is 0 Å². The standard InChI is InChI=1S/C21H14Cl3N5OS/c22-15-8-7-14(10-17(15)24)29-20(13-4-3-9-25-11-13)27-28-21(29)31-12-19(30)26-18-6-2-1-5-16(18)23/h1-11H,12H2,(H,26,30). The molecule has 0 fully saturated rings. The van der Waals surface area contributed by atoms with Crippen molar-refractivity contribution in [2.45, 2.75) is 5.16 Å². The monoisotopic (exact) mass is 489 g/mol. The number of benzene rings is 2. The number of aromatic nitrogens is 4. The van der Waals surface area contributed by atoms with E-state index < -0.39 is 0 Å². The molecule has 0 unspecified atom stereocenters. The molecule has 0 aliphatic heterocycles. The van der Waals surface area contributed by atoms with Gasteiger partial charge in [-0.3, -0.25) is 14.3 Å². The first-order valence-electron chi connectivity index (χ1n) is 9.01. The zero-order chi connectivity index (χ0) is 21.8. The van der Waals surface area contributed by atoms with Crippen LogP contribution in [-0.4, -0.2) is 31.4 Å². The van der Waals surface area contributed by atoms with Gasteiger partial charge in [0.15, 0.2) is 11.0 Å². The van der Waals surface area contributed by atoms with Crippen molar-refractivity contribution in [2.75, 3.05) is 11.1 Å². The Balaban J connectivity index is 1.63. The van der Waals surface area contributed by atoms with Crippen molar-refractivity contribution < 1.29 is 4.79 Å². The lowest BCUT2D eigenvalue weighted by molar-refractivity contribution is -0.113. The van der Waals surface area contributed by atoms with Crippen molar-refractivity contribution in [3.8, 4) is 17.1 Å². The van der Waals surface area contributed by atoms with Crippen LogP contribution in [0.2, 0.25) is 15.1 Å². The van der Waals surface area contributed by atoms with E-state index in [0.717, 1.165) is 5.56 Å². The van der Waals surface area contributed by atoms with Gasteiger partial charge in [-0.15, -0.1) is 10.2 Å². The van der Waals surface area contributed by atoms with Gasteiger partial charge in [-0.05, 0) is 42.5 Å². The van der Waals surface area contributed by atoms with Crippen LogP contribution >= 0.6 is 46.6 Å². The minimum absolute atomic E-state index is 0.109. The first kappa shape index (κ1) is 21.6. The SMILES string of the molecule is O=C(CSc1nnc(-c2cccnc2)n1-c1ccc(Cl)c(Cl)c1)Nc1ccccc1Cl. The molecule has 0 saturated heterocycles. The fraction of sp³-hybridized carbons (Fsp3) is 0.0476. The molecule has 0 atom stereocenters. The van der Waals surface area contributed by atoms with E-state index in [1.54, 1.807) is 48.8 Å². The summed E-state index contributed by atoms with van der Waals surface area (Å²) >= 11 is 19.7. The Morgan fingerprint density at radius 3 is 2.55 bits per heavy atom.